The molecular weight excluding hydrogens is 460 g/mol. The Morgan fingerprint density at radius 2 is 1.65 bits per heavy atom. The Morgan fingerprint density at radius 1 is 1.00 bits per heavy atom. The van der Waals surface area contributed by atoms with Gasteiger partial charge in [0.15, 0.2) is 0 Å². The molecule has 0 unspecified atom stereocenters. The molecule has 0 saturated carbocycles. The Balaban J connectivity index is 0.000000481. The number of likely N-dealkylation sites (tertiary alicyclic amines) is 1. The van der Waals surface area contributed by atoms with E-state index in [2.05, 4.69) is 38.0 Å². The van der Waals surface area contributed by atoms with Crippen molar-refractivity contribution in [3.05, 3.63) is 65.4 Å². The molecule has 1 saturated heterocycles. The highest BCUT2D eigenvalue weighted by atomic mass is 35.5. The summed E-state index contributed by atoms with van der Waals surface area (Å²) in [7, 11) is 0. The van der Waals surface area contributed by atoms with Crippen LogP contribution in [0.3, 0.4) is 0 Å². The van der Waals surface area contributed by atoms with Crippen LogP contribution in [0.25, 0.3) is 11.0 Å². The third kappa shape index (κ3) is 7.29. The van der Waals surface area contributed by atoms with Crippen molar-refractivity contribution in [2.75, 3.05) is 19.6 Å². The molecule has 0 atom stereocenters. The Labute approximate surface area is 202 Å². The zero-order chi connectivity index (χ0) is 24.5. The number of imidazole rings is 1. The van der Waals surface area contributed by atoms with E-state index >= 15 is 0 Å². The lowest BCUT2D eigenvalue weighted by molar-refractivity contribution is -0.159. The predicted molar refractivity (Wildman–Crippen MR) is 127 cm³/mol. The summed E-state index contributed by atoms with van der Waals surface area (Å²) in [6.07, 6.45) is 4.15. The first-order valence-corrected chi connectivity index (χ1v) is 11.3. The predicted octanol–water partition coefficient (Wildman–Crippen LogP) is 2.87. The number of piperidine rings is 1. The Morgan fingerprint density at radius 3 is 2.32 bits per heavy atom. The number of hydrogen-bond acceptors (Lipinski definition) is 5. The maximum atomic E-state index is 12.3. The third-order valence-corrected chi connectivity index (χ3v) is 6.04. The Kier molecular flexibility index (Phi) is 9.00. The average Bonchev–Trinajstić information content (AvgIpc) is 3.23. The van der Waals surface area contributed by atoms with Crippen LogP contribution in [0.4, 0.5) is 0 Å². The summed E-state index contributed by atoms with van der Waals surface area (Å²) in [5, 5.41) is 18.5. The van der Waals surface area contributed by atoms with E-state index in [-0.39, 0.29) is 5.91 Å². The number of amides is 1. The van der Waals surface area contributed by atoms with Gasteiger partial charge < -0.3 is 20.1 Å². The van der Waals surface area contributed by atoms with Crippen LogP contribution in [0.15, 0.2) is 54.9 Å². The number of nitrogens with one attached hydrogen (secondary N) is 1. The van der Waals surface area contributed by atoms with Gasteiger partial charge in [0.05, 0.1) is 23.9 Å². The number of carboxylic acids is 2. The molecule has 1 fully saturated rings. The summed E-state index contributed by atoms with van der Waals surface area (Å²) >= 11 is 6.14. The van der Waals surface area contributed by atoms with Gasteiger partial charge >= 0.3 is 11.9 Å². The van der Waals surface area contributed by atoms with Crippen LogP contribution >= 0.6 is 11.6 Å². The first-order chi connectivity index (χ1) is 16.3. The number of benzene rings is 2. The molecule has 1 aromatic heterocycles. The normalized spacial score (nSPS) is 14.3. The summed E-state index contributed by atoms with van der Waals surface area (Å²) in [4.78, 5) is 37.2. The lowest BCUT2D eigenvalue weighted by Crippen LogP contribution is -2.41. The minimum Gasteiger partial charge on any atom is -0.473 e. The van der Waals surface area contributed by atoms with Crippen LogP contribution in [-0.4, -0.2) is 62.1 Å². The van der Waals surface area contributed by atoms with Crippen LogP contribution < -0.4 is 5.32 Å². The van der Waals surface area contributed by atoms with Crippen molar-refractivity contribution < 1.29 is 24.6 Å². The highest BCUT2D eigenvalue weighted by Crippen LogP contribution is 2.21. The molecule has 0 spiro atoms. The molecule has 3 aromatic rings. The van der Waals surface area contributed by atoms with Gasteiger partial charge in [0.1, 0.15) is 0 Å². The number of aromatic nitrogens is 2. The standard InChI is InChI=1S/C22H25ClN4O.C2H2O4/c23-19-6-2-1-5-18(19)13-24-22(28)15-26-11-9-17(10-12-26)14-27-16-25-20-7-3-4-8-21(20)27;3-1(4)2(5)6/h1-8,16-17H,9-15H2,(H,24,28);(H,3,4)(H,5,6). The van der Waals surface area contributed by atoms with Crippen molar-refractivity contribution >= 4 is 40.5 Å². The van der Waals surface area contributed by atoms with Crippen molar-refractivity contribution in [2.24, 2.45) is 5.92 Å². The van der Waals surface area contributed by atoms with Gasteiger partial charge in [0.25, 0.3) is 0 Å². The third-order valence-electron chi connectivity index (χ3n) is 5.67. The van der Waals surface area contributed by atoms with E-state index in [9.17, 15) is 4.79 Å². The summed E-state index contributed by atoms with van der Waals surface area (Å²) < 4.78 is 2.26. The van der Waals surface area contributed by atoms with Crippen molar-refractivity contribution in [3.63, 3.8) is 0 Å². The molecule has 9 nitrogen and oxygen atoms in total. The number of carbonyl (C=O) groups is 3. The van der Waals surface area contributed by atoms with Crippen molar-refractivity contribution in [1.82, 2.24) is 19.8 Å². The van der Waals surface area contributed by atoms with E-state index in [0.717, 1.165) is 43.6 Å². The summed E-state index contributed by atoms with van der Waals surface area (Å²) in [6.45, 7) is 3.83. The maximum Gasteiger partial charge on any atom is 0.414 e. The lowest BCUT2D eigenvalue weighted by Gasteiger charge is -2.31. The highest BCUT2D eigenvalue weighted by Gasteiger charge is 2.21. The fourth-order valence-corrected chi connectivity index (χ4v) is 4.06. The number of carboxylic acid groups (broad SMARTS) is 2. The fourth-order valence-electron chi connectivity index (χ4n) is 3.86. The van der Waals surface area contributed by atoms with E-state index in [0.29, 0.717) is 24.0 Å². The van der Waals surface area contributed by atoms with Crippen molar-refractivity contribution in [3.8, 4) is 0 Å². The molecule has 1 aliphatic rings. The number of fused-ring (bicyclic) bond motifs is 1. The average molecular weight is 487 g/mol. The van der Waals surface area contributed by atoms with Gasteiger partial charge in [0.2, 0.25) is 5.91 Å². The number of halogens is 1. The topological polar surface area (TPSA) is 125 Å². The van der Waals surface area contributed by atoms with E-state index < -0.39 is 11.9 Å². The number of hydrogen-bond donors (Lipinski definition) is 3. The van der Waals surface area contributed by atoms with Crippen LogP contribution in [0.5, 0.6) is 0 Å². The van der Waals surface area contributed by atoms with Crippen LogP contribution in [0.2, 0.25) is 5.02 Å². The summed E-state index contributed by atoms with van der Waals surface area (Å²) in [5.74, 6) is -2.97. The molecule has 34 heavy (non-hydrogen) atoms. The van der Waals surface area contributed by atoms with E-state index in [1.165, 1.54) is 5.52 Å². The number of carbonyl (C=O) groups excluding carboxylic acids is 1. The van der Waals surface area contributed by atoms with E-state index in [1.54, 1.807) is 0 Å². The van der Waals surface area contributed by atoms with Gasteiger partial charge in [0, 0.05) is 18.1 Å². The fraction of sp³-hybridized carbons (Fsp3) is 0.333. The second-order valence-corrected chi connectivity index (χ2v) is 8.49. The van der Waals surface area contributed by atoms with Gasteiger partial charge in [-0.2, -0.15) is 0 Å². The molecular formula is C24H27ClN4O5. The van der Waals surface area contributed by atoms with Crippen LogP contribution in [0.1, 0.15) is 18.4 Å². The molecule has 0 bridgehead atoms. The van der Waals surface area contributed by atoms with Gasteiger partial charge in [-0.3, -0.25) is 9.69 Å². The van der Waals surface area contributed by atoms with Crippen LogP contribution in [0, 0.1) is 5.92 Å². The molecule has 3 N–H and O–H groups in total. The second kappa shape index (κ2) is 12.2. The summed E-state index contributed by atoms with van der Waals surface area (Å²) in [6, 6.07) is 15.9. The lowest BCUT2D eigenvalue weighted by atomic mass is 9.96. The molecule has 4 rings (SSSR count). The minimum atomic E-state index is -1.82. The van der Waals surface area contributed by atoms with Gasteiger partial charge in [-0.25, -0.2) is 14.6 Å². The zero-order valence-corrected chi connectivity index (χ0v) is 19.3. The highest BCUT2D eigenvalue weighted by molar-refractivity contribution is 6.31. The maximum absolute atomic E-state index is 12.3. The Hall–Kier alpha value is -3.43. The number of para-hydroxylation sites is 2. The first kappa shape index (κ1) is 25.2. The molecule has 180 valence electrons. The van der Waals surface area contributed by atoms with Gasteiger partial charge in [-0.1, -0.05) is 41.9 Å². The largest absolute Gasteiger partial charge is 0.473 e. The minimum absolute atomic E-state index is 0.0546. The molecule has 1 aliphatic heterocycles. The van der Waals surface area contributed by atoms with Crippen molar-refractivity contribution in [1.29, 1.82) is 0 Å². The second-order valence-electron chi connectivity index (χ2n) is 8.08. The molecule has 2 aromatic carbocycles. The zero-order valence-electron chi connectivity index (χ0n) is 18.6. The van der Waals surface area contributed by atoms with Crippen molar-refractivity contribution in [2.45, 2.75) is 25.9 Å². The smallest absolute Gasteiger partial charge is 0.414 e. The van der Waals surface area contributed by atoms with Crippen LogP contribution in [-0.2, 0) is 27.5 Å². The Bertz CT molecular complexity index is 1130. The molecule has 0 aliphatic carbocycles. The quantitative estimate of drug-likeness (QED) is 0.457. The first-order valence-electron chi connectivity index (χ1n) is 10.9. The number of rotatable bonds is 6. The molecule has 1 amide bonds. The molecule has 10 heteroatoms. The van der Waals surface area contributed by atoms with E-state index in [1.807, 2.05) is 36.7 Å². The van der Waals surface area contributed by atoms with Gasteiger partial charge in [-0.15, -0.1) is 0 Å². The molecule has 0 radical (unpaired) electrons. The monoisotopic (exact) mass is 486 g/mol. The SMILES string of the molecule is O=C(CN1CCC(Cn2cnc3ccccc32)CC1)NCc1ccccc1Cl.O=C(O)C(=O)O. The van der Waals surface area contributed by atoms with E-state index in [4.69, 9.17) is 31.4 Å². The number of nitrogens with zero attached hydrogens (tertiary/aromatic N) is 3. The molecule has 2 heterocycles. The summed E-state index contributed by atoms with van der Waals surface area (Å²) in [5.41, 5.74) is 3.20. The van der Waals surface area contributed by atoms with Gasteiger partial charge in [-0.05, 0) is 55.6 Å². The number of aliphatic carboxylic acids is 2.